The Morgan fingerprint density at radius 3 is 2.64 bits per heavy atom. The highest BCUT2D eigenvalue weighted by atomic mass is 32.1. The first kappa shape index (κ1) is 26.9. The van der Waals surface area contributed by atoms with Gasteiger partial charge in [0, 0.05) is 23.5 Å². The third-order valence-corrected chi connectivity index (χ3v) is 6.64. The van der Waals surface area contributed by atoms with Crippen molar-refractivity contribution >= 4 is 40.3 Å². The smallest absolute Gasteiger partial charge is 0.407 e. The Balaban J connectivity index is 1.61. The number of aromatic nitrogens is 3. The molecule has 0 saturated carbocycles. The van der Waals surface area contributed by atoms with E-state index < -0.39 is 29.6 Å². The summed E-state index contributed by atoms with van der Waals surface area (Å²) in [6, 6.07) is 2.32. The molecule has 0 aromatic carbocycles. The summed E-state index contributed by atoms with van der Waals surface area (Å²) in [6.45, 7) is 9.09. The summed E-state index contributed by atoms with van der Waals surface area (Å²) in [5.41, 5.74) is 0.394. The quantitative estimate of drug-likeness (QED) is 0.272. The monoisotopic (exact) mass is 517 g/mol. The van der Waals surface area contributed by atoms with E-state index in [2.05, 4.69) is 25.6 Å². The van der Waals surface area contributed by atoms with Gasteiger partial charge in [0.05, 0.1) is 10.3 Å². The van der Waals surface area contributed by atoms with Crippen molar-refractivity contribution in [3.8, 4) is 0 Å². The second-order valence-electron chi connectivity index (χ2n) is 9.48. The minimum absolute atomic E-state index is 0.135. The van der Waals surface area contributed by atoms with Crippen molar-refractivity contribution in [2.75, 3.05) is 6.54 Å². The third kappa shape index (κ3) is 6.72. The number of nitrogens with zero attached hydrogens (tertiary/aromatic N) is 1. The lowest BCUT2D eigenvalue weighted by Crippen LogP contribution is -2.41. The molecule has 0 fully saturated rings. The molecular formula is C24H31N5O6S. The number of ether oxygens (including phenoxy) is 1. The normalized spacial score (nSPS) is 13.2. The lowest BCUT2D eigenvalue weighted by molar-refractivity contribution is -0.139. The molecular weight excluding hydrogens is 486 g/mol. The van der Waals surface area contributed by atoms with Crippen LogP contribution in [-0.4, -0.2) is 56.2 Å². The van der Waals surface area contributed by atoms with Crippen LogP contribution in [0.4, 0.5) is 4.79 Å². The first-order valence-electron chi connectivity index (χ1n) is 11.5. The van der Waals surface area contributed by atoms with Gasteiger partial charge in [-0.2, -0.15) is 0 Å². The fourth-order valence-corrected chi connectivity index (χ4v) is 4.66. The molecule has 36 heavy (non-hydrogen) atoms. The zero-order chi connectivity index (χ0) is 26.6. The van der Waals surface area contributed by atoms with Crippen LogP contribution in [0.15, 0.2) is 23.1 Å². The topological polar surface area (TPSA) is 166 Å². The molecule has 0 radical (unpaired) electrons. The number of aromatic amines is 2. The molecule has 11 nitrogen and oxygen atoms in total. The Labute approximate surface area is 211 Å². The van der Waals surface area contributed by atoms with E-state index in [0.717, 1.165) is 10.4 Å². The van der Waals surface area contributed by atoms with Crippen LogP contribution >= 0.6 is 11.3 Å². The molecule has 5 N–H and O–H groups in total. The van der Waals surface area contributed by atoms with Crippen molar-refractivity contribution in [1.29, 1.82) is 0 Å². The Hall–Kier alpha value is -3.67. The number of carboxylic acids is 1. The number of rotatable bonds is 9. The third-order valence-electron chi connectivity index (χ3n) is 5.38. The summed E-state index contributed by atoms with van der Waals surface area (Å²) < 4.78 is 5.14. The number of carbonyl (C=O) groups excluding carboxylic acids is 2. The van der Waals surface area contributed by atoms with E-state index in [-0.39, 0.29) is 24.4 Å². The van der Waals surface area contributed by atoms with Crippen LogP contribution in [0.2, 0.25) is 0 Å². The number of carbonyl (C=O) groups is 3. The van der Waals surface area contributed by atoms with E-state index in [0.29, 0.717) is 28.2 Å². The molecule has 12 heteroatoms. The number of amides is 2. The van der Waals surface area contributed by atoms with Crippen LogP contribution in [0, 0.1) is 6.92 Å². The van der Waals surface area contributed by atoms with Gasteiger partial charge in [-0.25, -0.2) is 14.6 Å². The number of nitrogens with one attached hydrogen (secondary N) is 4. The van der Waals surface area contributed by atoms with Crippen molar-refractivity contribution in [1.82, 2.24) is 25.6 Å². The number of aliphatic carboxylic acids is 1. The van der Waals surface area contributed by atoms with E-state index >= 15 is 0 Å². The van der Waals surface area contributed by atoms with Gasteiger partial charge in [0.2, 0.25) is 0 Å². The van der Waals surface area contributed by atoms with E-state index in [1.807, 2.05) is 6.92 Å². The highest BCUT2D eigenvalue weighted by molar-refractivity contribution is 7.14. The standard InChI is InChI=1S/C24H31N5O6S/c1-12(14-11-26-19-18(14)21(31)28-13(2)27-19)16-8-9-17(36-16)20(30)29-15(22(32)33)7-6-10-25-23(34)35-24(3,4)5/h8-9,11-12,15H,6-7,10H2,1-5H3,(H,25,34)(H,29,30)(H,32,33)(H2,26,27,28,31). The number of carboxylic acid groups (broad SMARTS) is 1. The predicted octanol–water partition coefficient (Wildman–Crippen LogP) is 3.26. The molecule has 0 bridgehead atoms. The van der Waals surface area contributed by atoms with Crippen molar-refractivity contribution in [3.05, 3.63) is 49.8 Å². The van der Waals surface area contributed by atoms with Gasteiger partial charge < -0.3 is 30.4 Å². The second kappa shape index (κ2) is 10.9. The first-order chi connectivity index (χ1) is 16.9. The molecule has 0 spiro atoms. The summed E-state index contributed by atoms with van der Waals surface area (Å²) in [7, 11) is 0. The molecule has 3 aromatic rings. The van der Waals surface area contributed by atoms with Crippen LogP contribution in [0.1, 0.15) is 72.4 Å². The van der Waals surface area contributed by atoms with Crippen molar-refractivity contribution < 1.29 is 24.2 Å². The van der Waals surface area contributed by atoms with Crippen LogP contribution in [0.25, 0.3) is 11.0 Å². The van der Waals surface area contributed by atoms with Crippen molar-refractivity contribution in [3.63, 3.8) is 0 Å². The summed E-state index contributed by atoms with van der Waals surface area (Å²) in [4.78, 5) is 59.8. The van der Waals surface area contributed by atoms with Crippen LogP contribution in [-0.2, 0) is 9.53 Å². The van der Waals surface area contributed by atoms with Gasteiger partial charge in [-0.15, -0.1) is 11.3 Å². The summed E-state index contributed by atoms with van der Waals surface area (Å²) in [6.07, 6.45) is 1.63. The van der Waals surface area contributed by atoms with Crippen LogP contribution in [0.3, 0.4) is 0 Å². The minimum Gasteiger partial charge on any atom is -0.480 e. The number of H-pyrrole nitrogens is 2. The lowest BCUT2D eigenvalue weighted by atomic mass is 10.0. The van der Waals surface area contributed by atoms with E-state index in [1.54, 1.807) is 46.0 Å². The van der Waals surface area contributed by atoms with Gasteiger partial charge in [0.15, 0.2) is 0 Å². The van der Waals surface area contributed by atoms with E-state index in [9.17, 15) is 24.3 Å². The maximum atomic E-state index is 12.8. The highest BCUT2D eigenvalue weighted by Crippen LogP contribution is 2.32. The van der Waals surface area contributed by atoms with Gasteiger partial charge in [-0.05, 0) is 58.2 Å². The molecule has 2 atom stereocenters. The number of hydrogen-bond donors (Lipinski definition) is 5. The van der Waals surface area contributed by atoms with Crippen molar-refractivity contribution in [2.24, 2.45) is 0 Å². The Bertz CT molecular complexity index is 1320. The van der Waals surface area contributed by atoms with Gasteiger partial charge in [0.25, 0.3) is 11.5 Å². The van der Waals surface area contributed by atoms with E-state index in [1.165, 1.54) is 11.3 Å². The summed E-state index contributed by atoms with van der Waals surface area (Å²) in [5.74, 6) is -1.34. The highest BCUT2D eigenvalue weighted by Gasteiger charge is 2.24. The Morgan fingerprint density at radius 2 is 1.97 bits per heavy atom. The molecule has 0 saturated heterocycles. The summed E-state index contributed by atoms with van der Waals surface area (Å²) >= 11 is 1.23. The minimum atomic E-state index is -1.16. The summed E-state index contributed by atoms with van der Waals surface area (Å²) in [5, 5.41) is 15.1. The van der Waals surface area contributed by atoms with Gasteiger partial charge >= 0.3 is 12.1 Å². The zero-order valence-electron chi connectivity index (χ0n) is 20.9. The number of alkyl carbamates (subject to hydrolysis) is 1. The SMILES string of the molecule is Cc1nc2[nH]cc(C(C)c3ccc(C(=O)NC(CCCNC(=O)OC(C)(C)C)C(=O)O)s3)c2c(=O)[nH]1. The number of aryl methyl sites for hydroxylation is 1. The Morgan fingerprint density at radius 1 is 1.25 bits per heavy atom. The van der Waals surface area contributed by atoms with Gasteiger partial charge in [-0.3, -0.25) is 9.59 Å². The molecule has 3 heterocycles. The molecule has 2 unspecified atom stereocenters. The lowest BCUT2D eigenvalue weighted by Gasteiger charge is -2.20. The molecule has 194 valence electrons. The average Bonchev–Trinajstić information content (AvgIpc) is 3.41. The first-order valence-corrected chi connectivity index (χ1v) is 12.4. The number of hydrogen-bond acceptors (Lipinski definition) is 7. The fraction of sp³-hybridized carbons (Fsp3) is 0.458. The van der Waals surface area contributed by atoms with Crippen LogP contribution < -0.4 is 16.2 Å². The van der Waals surface area contributed by atoms with Gasteiger partial charge in [0.1, 0.15) is 23.1 Å². The average molecular weight is 518 g/mol. The molecule has 2 amide bonds. The molecule has 3 aromatic heterocycles. The maximum absolute atomic E-state index is 12.8. The van der Waals surface area contributed by atoms with Gasteiger partial charge in [-0.1, -0.05) is 6.92 Å². The van der Waals surface area contributed by atoms with Crippen molar-refractivity contribution in [2.45, 2.75) is 65.0 Å². The molecule has 0 aliphatic carbocycles. The number of fused-ring (bicyclic) bond motifs is 1. The zero-order valence-corrected chi connectivity index (χ0v) is 21.7. The van der Waals surface area contributed by atoms with E-state index in [4.69, 9.17) is 4.74 Å². The predicted molar refractivity (Wildman–Crippen MR) is 136 cm³/mol. The molecule has 3 rings (SSSR count). The molecule has 0 aliphatic heterocycles. The fourth-order valence-electron chi connectivity index (χ4n) is 3.68. The Kier molecular flexibility index (Phi) is 8.18. The maximum Gasteiger partial charge on any atom is 0.407 e. The molecule has 0 aliphatic rings. The van der Waals surface area contributed by atoms with Crippen LogP contribution in [0.5, 0.6) is 0 Å². The second-order valence-corrected chi connectivity index (χ2v) is 10.6. The number of thiophene rings is 1. The largest absolute Gasteiger partial charge is 0.480 e.